The first-order valence-corrected chi connectivity index (χ1v) is 8.97. The van der Waals surface area contributed by atoms with Crippen molar-refractivity contribution in [2.24, 2.45) is 10.4 Å². The third kappa shape index (κ3) is 3.19. The van der Waals surface area contributed by atoms with Crippen LogP contribution in [0.15, 0.2) is 40.5 Å². The summed E-state index contributed by atoms with van der Waals surface area (Å²) in [7, 11) is 0. The lowest BCUT2D eigenvalue weighted by Crippen LogP contribution is -2.40. The molecule has 1 aromatic rings. The fourth-order valence-corrected chi connectivity index (χ4v) is 3.44. The van der Waals surface area contributed by atoms with Crippen molar-refractivity contribution < 1.29 is 14.3 Å². The fourth-order valence-electron chi connectivity index (χ4n) is 2.73. The molecule has 26 heavy (non-hydrogen) atoms. The quantitative estimate of drug-likeness (QED) is 0.604. The van der Waals surface area contributed by atoms with Gasteiger partial charge in [-0.05, 0) is 39.3 Å². The fraction of sp³-hybridized carbons (Fsp3) is 0.389. The lowest BCUT2D eigenvalue weighted by molar-refractivity contribution is -0.137. The highest BCUT2D eigenvalue weighted by Gasteiger charge is 2.68. The summed E-state index contributed by atoms with van der Waals surface area (Å²) in [6, 6.07) is 7.28. The lowest BCUT2D eigenvalue weighted by Gasteiger charge is -2.16. The summed E-state index contributed by atoms with van der Waals surface area (Å²) >= 11 is 12.2. The predicted molar refractivity (Wildman–Crippen MR) is 102 cm³/mol. The monoisotopic (exact) mass is 395 g/mol. The number of amides is 1. The summed E-state index contributed by atoms with van der Waals surface area (Å²) in [6.07, 6.45) is 0.328. The average molecular weight is 396 g/mol. The maximum Gasteiger partial charge on any atom is 0.343 e. The molecule has 0 radical (unpaired) electrons. The number of fused-ring (bicyclic) bond motifs is 1. The molecule has 0 aromatic heterocycles. The van der Waals surface area contributed by atoms with Gasteiger partial charge in [0, 0.05) is 5.70 Å². The summed E-state index contributed by atoms with van der Waals surface area (Å²) in [5, 5.41) is 5.87. The number of anilines is 1. The van der Waals surface area contributed by atoms with Gasteiger partial charge in [0.1, 0.15) is 15.7 Å². The van der Waals surface area contributed by atoms with Crippen LogP contribution in [-0.2, 0) is 14.3 Å². The number of amidine groups is 1. The van der Waals surface area contributed by atoms with Gasteiger partial charge in [-0.1, -0.05) is 12.1 Å². The number of para-hydroxylation sites is 2. The molecule has 8 heteroatoms. The van der Waals surface area contributed by atoms with Crippen molar-refractivity contribution in [3.63, 3.8) is 0 Å². The average Bonchev–Trinajstić information content (AvgIpc) is 3.13. The zero-order chi connectivity index (χ0) is 19.1. The van der Waals surface area contributed by atoms with Crippen LogP contribution in [0.3, 0.4) is 0 Å². The Hall–Kier alpha value is -2.05. The van der Waals surface area contributed by atoms with Crippen molar-refractivity contribution in [2.75, 3.05) is 11.9 Å². The number of rotatable bonds is 3. The number of ether oxygens (including phenoxy) is 1. The maximum atomic E-state index is 12.7. The Morgan fingerprint density at radius 1 is 1.35 bits per heavy atom. The number of benzene rings is 1. The number of halogens is 2. The van der Waals surface area contributed by atoms with Gasteiger partial charge in [-0.15, -0.1) is 23.2 Å². The normalized spacial score (nSPS) is 23.2. The number of aliphatic imine (C=N–C) groups is 1. The Bertz CT molecular complexity index is 848. The van der Waals surface area contributed by atoms with Crippen LogP contribution in [0.4, 0.5) is 11.4 Å². The molecular formula is C18H19Cl2N3O3. The van der Waals surface area contributed by atoms with Crippen molar-refractivity contribution in [2.45, 2.75) is 31.5 Å². The molecule has 1 fully saturated rings. The van der Waals surface area contributed by atoms with Gasteiger partial charge >= 0.3 is 5.97 Å². The predicted octanol–water partition coefficient (Wildman–Crippen LogP) is 3.68. The summed E-state index contributed by atoms with van der Waals surface area (Å²) in [5.41, 5.74) is 1.06. The standard InChI is InChI=1S/C18H19Cl2N3O3/c1-4-26-15(24)13-10(2)21-11-7-5-6-8-12(11)22-14(13)23-16(25)17(3)9-18(17,19)20/h5-8,21H,4,9H2,1-3H3,(H,22,23,25). The van der Waals surface area contributed by atoms with E-state index in [1.807, 2.05) is 18.2 Å². The van der Waals surface area contributed by atoms with Crippen LogP contribution < -0.4 is 10.6 Å². The number of hydrogen-bond acceptors (Lipinski definition) is 5. The van der Waals surface area contributed by atoms with Gasteiger partial charge in [-0.2, -0.15) is 0 Å². The van der Waals surface area contributed by atoms with Gasteiger partial charge in [0.05, 0.1) is 23.4 Å². The van der Waals surface area contributed by atoms with Crippen LogP contribution in [0.1, 0.15) is 27.2 Å². The van der Waals surface area contributed by atoms with Crippen molar-refractivity contribution in [1.29, 1.82) is 0 Å². The molecule has 2 N–H and O–H groups in total. The van der Waals surface area contributed by atoms with Gasteiger partial charge in [0.15, 0.2) is 0 Å². The van der Waals surface area contributed by atoms with Crippen molar-refractivity contribution in [3.8, 4) is 0 Å². The third-order valence-electron chi connectivity index (χ3n) is 4.54. The molecule has 6 nitrogen and oxygen atoms in total. The lowest BCUT2D eigenvalue weighted by atomic mass is 10.1. The minimum atomic E-state index is -1.12. The molecule has 2 aliphatic rings. The largest absolute Gasteiger partial charge is 0.462 e. The van der Waals surface area contributed by atoms with Crippen LogP contribution in [0.2, 0.25) is 0 Å². The van der Waals surface area contributed by atoms with Gasteiger partial charge in [0.2, 0.25) is 5.91 Å². The van der Waals surface area contributed by atoms with E-state index in [-0.39, 0.29) is 18.0 Å². The Morgan fingerprint density at radius 2 is 2.00 bits per heavy atom. The van der Waals surface area contributed by atoms with Crippen molar-refractivity contribution in [1.82, 2.24) is 5.32 Å². The first kappa shape index (κ1) is 18.7. The number of esters is 1. The van der Waals surface area contributed by atoms with Crippen LogP contribution in [-0.4, -0.2) is 28.7 Å². The van der Waals surface area contributed by atoms with Gasteiger partial charge in [-0.25, -0.2) is 9.79 Å². The van der Waals surface area contributed by atoms with E-state index in [9.17, 15) is 9.59 Å². The van der Waals surface area contributed by atoms with Gasteiger partial charge < -0.3 is 15.4 Å². The van der Waals surface area contributed by atoms with E-state index in [2.05, 4.69) is 15.6 Å². The topological polar surface area (TPSA) is 79.8 Å². The molecular weight excluding hydrogens is 377 g/mol. The molecule has 3 rings (SSSR count). The Morgan fingerprint density at radius 3 is 2.62 bits per heavy atom. The molecule has 0 saturated heterocycles. The highest BCUT2D eigenvalue weighted by atomic mass is 35.5. The van der Waals surface area contributed by atoms with E-state index < -0.39 is 21.6 Å². The van der Waals surface area contributed by atoms with Gasteiger partial charge in [-0.3, -0.25) is 4.79 Å². The van der Waals surface area contributed by atoms with Gasteiger partial charge in [0.25, 0.3) is 0 Å². The number of nitrogens with one attached hydrogen (secondary N) is 2. The summed E-state index contributed by atoms with van der Waals surface area (Å²) in [4.78, 5) is 29.7. The number of hydrogen-bond donors (Lipinski definition) is 2. The minimum absolute atomic E-state index is 0.112. The van der Waals surface area contributed by atoms with E-state index in [1.165, 1.54) is 0 Å². The Balaban J connectivity index is 2.02. The molecule has 1 unspecified atom stereocenters. The van der Waals surface area contributed by atoms with Crippen LogP contribution >= 0.6 is 23.2 Å². The third-order valence-corrected chi connectivity index (χ3v) is 5.64. The smallest absolute Gasteiger partial charge is 0.343 e. The molecule has 1 aromatic carbocycles. The van der Waals surface area contributed by atoms with Crippen LogP contribution in [0.25, 0.3) is 0 Å². The maximum absolute atomic E-state index is 12.7. The van der Waals surface area contributed by atoms with E-state index in [1.54, 1.807) is 26.8 Å². The highest BCUT2D eigenvalue weighted by Crippen LogP contribution is 2.63. The zero-order valence-corrected chi connectivity index (χ0v) is 16.2. The number of allylic oxidation sites excluding steroid dienone is 1. The van der Waals surface area contributed by atoms with Crippen molar-refractivity contribution in [3.05, 3.63) is 35.5 Å². The zero-order valence-electron chi connectivity index (χ0n) is 14.7. The van der Waals surface area contributed by atoms with E-state index in [4.69, 9.17) is 27.9 Å². The second-order valence-electron chi connectivity index (χ2n) is 6.49. The number of alkyl halides is 2. The van der Waals surface area contributed by atoms with Crippen LogP contribution in [0.5, 0.6) is 0 Å². The molecule has 1 atom stereocenters. The second-order valence-corrected chi connectivity index (χ2v) is 7.97. The molecule has 0 bridgehead atoms. The molecule has 1 saturated carbocycles. The number of nitrogens with zero attached hydrogens (tertiary/aromatic N) is 1. The van der Waals surface area contributed by atoms with E-state index in [0.29, 0.717) is 17.8 Å². The number of carbonyl (C=O) groups is 2. The Kier molecular flexibility index (Phi) is 4.75. The SMILES string of the molecule is CCOC(=O)C1=C(C)Nc2ccccc2N=C1NC(=O)C1(C)CC1(Cl)Cl. The molecule has 1 heterocycles. The summed E-state index contributed by atoms with van der Waals surface area (Å²) in [5.74, 6) is -0.857. The summed E-state index contributed by atoms with van der Waals surface area (Å²) in [6.45, 7) is 5.31. The molecule has 138 valence electrons. The molecule has 1 amide bonds. The number of carbonyl (C=O) groups excluding carboxylic acids is 2. The van der Waals surface area contributed by atoms with Crippen molar-refractivity contribution >= 4 is 52.3 Å². The van der Waals surface area contributed by atoms with Crippen LogP contribution in [0, 0.1) is 5.41 Å². The van der Waals surface area contributed by atoms with E-state index >= 15 is 0 Å². The Labute approximate surface area is 161 Å². The first-order chi connectivity index (χ1) is 12.2. The van der Waals surface area contributed by atoms with E-state index in [0.717, 1.165) is 5.69 Å². The second kappa shape index (κ2) is 6.59. The minimum Gasteiger partial charge on any atom is -0.462 e. The molecule has 1 aliphatic carbocycles. The first-order valence-electron chi connectivity index (χ1n) is 8.22. The molecule has 1 aliphatic heterocycles. The molecule has 0 spiro atoms. The highest BCUT2D eigenvalue weighted by molar-refractivity contribution is 6.53. The summed E-state index contributed by atoms with van der Waals surface area (Å²) < 4.78 is 4.02.